The van der Waals surface area contributed by atoms with Crippen molar-refractivity contribution >= 4 is 0 Å². The molecule has 1 fully saturated rings. The Hall–Kier alpha value is -0.180. The molecule has 0 amide bonds. The lowest BCUT2D eigenvalue weighted by Crippen LogP contribution is -2.49. The summed E-state index contributed by atoms with van der Waals surface area (Å²) in [4.78, 5) is 2.07. The zero-order valence-corrected chi connectivity index (χ0v) is 7.98. The van der Waals surface area contributed by atoms with Crippen LogP contribution >= 0.6 is 0 Å². The highest BCUT2D eigenvalue weighted by molar-refractivity contribution is 4.88. The summed E-state index contributed by atoms with van der Waals surface area (Å²) in [6.45, 7) is 3.84. The molecule has 2 unspecified atom stereocenters. The van der Waals surface area contributed by atoms with Gasteiger partial charge in [0.2, 0.25) is 0 Å². The summed E-state index contributed by atoms with van der Waals surface area (Å²) in [7, 11) is 1.94. The number of alkyl halides is 2. The SMILES string of the molecule is CCC1CC(F)(F)CC(C)N1C. The van der Waals surface area contributed by atoms with Crippen molar-refractivity contribution in [2.45, 2.75) is 51.1 Å². The van der Waals surface area contributed by atoms with Gasteiger partial charge in [0.25, 0.3) is 5.92 Å². The monoisotopic (exact) mass is 177 g/mol. The Bertz CT molecular complexity index is 159. The summed E-state index contributed by atoms with van der Waals surface area (Å²) >= 11 is 0. The van der Waals surface area contributed by atoms with E-state index < -0.39 is 5.92 Å². The van der Waals surface area contributed by atoms with Crippen molar-refractivity contribution in [1.82, 2.24) is 4.90 Å². The second-order valence-electron chi connectivity index (χ2n) is 3.84. The van der Waals surface area contributed by atoms with E-state index in [1.54, 1.807) is 0 Å². The van der Waals surface area contributed by atoms with Crippen molar-refractivity contribution in [3.8, 4) is 0 Å². The maximum Gasteiger partial charge on any atom is 0.251 e. The number of likely N-dealkylation sites (tertiary alicyclic amines) is 1. The molecule has 0 N–H and O–H groups in total. The van der Waals surface area contributed by atoms with Gasteiger partial charge in [-0.15, -0.1) is 0 Å². The summed E-state index contributed by atoms with van der Waals surface area (Å²) in [5, 5.41) is 0. The van der Waals surface area contributed by atoms with E-state index in [2.05, 4.69) is 4.90 Å². The molecule has 0 aliphatic carbocycles. The van der Waals surface area contributed by atoms with Gasteiger partial charge in [-0.3, -0.25) is 0 Å². The fraction of sp³-hybridized carbons (Fsp3) is 1.00. The Kier molecular flexibility index (Phi) is 2.71. The van der Waals surface area contributed by atoms with Crippen LogP contribution in [0.25, 0.3) is 0 Å². The fourth-order valence-electron chi connectivity index (χ4n) is 1.94. The third-order valence-corrected chi connectivity index (χ3v) is 2.87. The minimum Gasteiger partial charge on any atom is -0.300 e. The van der Waals surface area contributed by atoms with E-state index in [1.807, 2.05) is 20.9 Å². The van der Waals surface area contributed by atoms with Crippen LogP contribution in [-0.4, -0.2) is 30.0 Å². The fourth-order valence-corrected chi connectivity index (χ4v) is 1.94. The van der Waals surface area contributed by atoms with Crippen molar-refractivity contribution in [2.75, 3.05) is 7.05 Å². The van der Waals surface area contributed by atoms with Crippen molar-refractivity contribution in [1.29, 1.82) is 0 Å². The lowest BCUT2D eigenvalue weighted by atomic mass is 9.92. The number of rotatable bonds is 1. The van der Waals surface area contributed by atoms with E-state index >= 15 is 0 Å². The van der Waals surface area contributed by atoms with Crippen LogP contribution in [-0.2, 0) is 0 Å². The molecule has 0 radical (unpaired) electrons. The molecule has 1 saturated heterocycles. The first-order valence-electron chi connectivity index (χ1n) is 4.56. The first kappa shape index (κ1) is 9.90. The van der Waals surface area contributed by atoms with Crippen molar-refractivity contribution < 1.29 is 8.78 Å². The first-order chi connectivity index (χ1) is 5.46. The summed E-state index contributed by atoms with van der Waals surface area (Å²) < 4.78 is 26.1. The molecule has 1 rings (SSSR count). The van der Waals surface area contributed by atoms with Crippen LogP contribution in [0, 0.1) is 0 Å². The Morgan fingerprint density at radius 3 is 2.50 bits per heavy atom. The highest BCUT2D eigenvalue weighted by Crippen LogP contribution is 2.35. The number of piperidine rings is 1. The molecular formula is C9H17F2N. The van der Waals surface area contributed by atoms with Crippen molar-refractivity contribution in [3.63, 3.8) is 0 Å². The van der Waals surface area contributed by atoms with Gasteiger partial charge in [0.1, 0.15) is 0 Å². The van der Waals surface area contributed by atoms with Gasteiger partial charge in [-0.2, -0.15) is 0 Å². The number of nitrogens with zero attached hydrogens (tertiary/aromatic N) is 1. The molecule has 2 atom stereocenters. The second kappa shape index (κ2) is 3.29. The number of hydrogen-bond acceptors (Lipinski definition) is 1. The standard InChI is InChI=1S/C9H17F2N/c1-4-8-6-9(10,11)5-7(2)12(8)3/h7-8H,4-6H2,1-3H3. The average molecular weight is 177 g/mol. The predicted molar refractivity (Wildman–Crippen MR) is 45.5 cm³/mol. The molecule has 0 spiro atoms. The maximum atomic E-state index is 13.0. The highest BCUT2D eigenvalue weighted by atomic mass is 19.3. The van der Waals surface area contributed by atoms with Gasteiger partial charge in [-0.25, -0.2) is 8.78 Å². The molecule has 0 bridgehead atoms. The number of halogens is 2. The van der Waals surface area contributed by atoms with E-state index in [0.717, 1.165) is 6.42 Å². The maximum absolute atomic E-state index is 13.0. The third-order valence-electron chi connectivity index (χ3n) is 2.87. The predicted octanol–water partition coefficient (Wildman–Crippen LogP) is 2.51. The summed E-state index contributed by atoms with van der Waals surface area (Å²) in [5.41, 5.74) is 0. The van der Waals surface area contributed by atoms with E-state index in [0.29, 0.717) is 0 Å². The molecule has 0 saturated carbocycles. The summed E-state index contributed by atoms with van der Waals surface area (Å²) in [6, 6.07) is 0.0717. The van der Waals surface area contributed by atoms with Gasteiger partial charge < -0.3 is 4.90 Å². The normalized spacial score (nSPS) is 36.8. The van der Waals surface area contributed by atoms with Gasteiger partial charge in [0.15, 0.2) is 0 Å². The Morgan fingerprint density at radius 2 is 2.00 bits per heavy atom. The molecule has 12 heavy (non-hydrogen) atoms. The highest BCUT2D eigenvalue weighted by Gasteiger charge is 2.41. The van der Waals surface area contributed by atoms with E-state index in [1.165, 1.54) is 0 Å². The molecule has 1 heterocycles. The zero-order chi connectivity index (χ0) is 9.35. The Morgan fingerprint density at radius 1 is 1.42 bits per heavy atom. The summed E-state index contributed by atoms with van der Waals surface area (Å²) in [5.74, 6) is -2.44. The first-order valence-corrected chi connectivity index (χ1v) is 4.56. The van der Waals surface area contributed by atoms with Crippen LogP contribution in [0.1, 0.15) is 33.1 Å². The third kappa shape index (κ3) is 1.94. The van der Waals surface area contributed by atoms with Crippen molar-refractivity contribution in [2.24, 2.45) is 0 Å². The van der Waals surface area contributed by atoms with Gasteiger partial charge in [0.05, 0.1) is 0 Å². The van der Waals surface area contributed by atoms with Crippen LogP contribution in [0.3, 0.4) is 0 Å². The molecule has 72 valence electrons. The van der Waals surface area contributed by atoms with Crippen LogP contribution < -0.4 is 0 Å². The van der Waals surface area contributed by atoms with E-state index in [4.69, 9.17) is 0 Å². The molecule has 3 heteroatoms. The van der Waals surface area contributed by atoms with E-state index in [-0.39, 0.29) is 24.9 Å². The average Bonchev–Trinajstić information content (AvgIpc) is 1.96. The van der Waals surface area contributed by atoms with Crippen LogP contribution in [0.4, 0.5) is 8.78 Å². The quantitative estimate of drug-likeness (QED) is 0.595. The van der Waals surface area contributed by atoms with Crippen LogP contribution in [0.5, 0.6) is 0 Å². The molecule has 1 aliphatic heterocycles. The largest absolute Gasteiger partial charge is 0.300 e. The Labute approximate surface area is 72.7 Å². The lowest BCUT2D eigenvalue weighted by molar-refractivity contribution is -0.0925. The van der Waals surface area contributed by atoms with Crippen LogP contribution in [0.2, 0.25) is 0 Å². The minimum absolute atomic E-state index is 0.0127. The molecule has 1 nitrogen and oxygen atoms in total. The molecule has 0 aromatic carbocycles. The number of hydrogen-bond donors (Lipinski definition) is 0. The van der Waals surface area contributed by atoms with E-state index in [9.17, 15) is 8.78 Å². The second-order valence-corrected chi connectivity index (χ2v) is 3.84. The van der Waals surface area contributed by atoms with Gasteiger partial charge in [-0.05, 0) is 20.4 Å². The zero-order valence-electron chi connectivity index (χ0n) is 7.98. The molecular weight excluding hydrogens is 160 g/mol. The smallest absolute Gasteiger partial charge is 0.251 e. The van der Waals surface area contributed by atoms with Gasteiger partial charge >= 0.3 is 0 Å². The molecule has 0 aromatic rings. The topological polar surface area (TPSA) is 3.24 Å². The Balaban J connectivity index is 2.65. The van der Waals surface area contributed by atoms with Crippen LogP contribution in [0.15, 0.2) is 0 Å². The van der Waals surface area contributed by atoms with Gasteiger partial charge in [-0.1, -0.05) is 6.92 Å². The van der Waals surface area contributed by atoms with Crippen molar-refractivity contribution in [3.05, 3.63) is 0 Å². The minimum atomic E-state index is -2.44. The lowest BCUT2D eigenvalue weighted by Gasteiger charge is -2.41. The van der Waals surface area contributed by atoms with Gasteiger partial charge in [0, 0.05) is 24.9 Å². The summed E-state index contributed by atoms with van der Waals surface area (Å²) in [6.07, 6.45) is 0.862. The molecule has 1 aliphatic rings. The molecule has 0 aromatic heterocycles.